The van der Waals surface area contributed by atoms with Gasteiger partial charge in [0.15, 0.2) is 8.32 Å². The van der Waals surface area contributed by atoms with Crippen LogP contribution in [-0.4, -0.2) is 8.32 Å². The molecule has 0 aliphatic carbocycles. The molecule has 0 aromatic heterocycles. The van der Waals surface area contributed by atoms with Crippen molar-refractivity contribution in [2.45, 2.75) is 39.1 Å². The van der Waals surface area contributed by atoms with Crippen LogP contribution < -0.4 is 0 Å². The molecule has 0 aliphatic heterocycles. The molecule has 0 bridgehead atoms. The first-order valence-corrected chi connectivity index (χ1v) is 8.19. The van der Waals surface area contributed by atoms with Crippen molar-refractivity contribution in [1.82, 2.24) is 0 Å². The van der Waals surface area contributed by atoms with Crippen LogP contribution in [-0.2, 0) is 11.0 Å². The maximum atomic E-state index is 6.02. The van der Waals surface area contributed by atoms with Crippen LogP contribution >= 0.6 is 0 Å². The molecular weight excluding hydrogens is 188 g/mol. The Morgan fingerprint density at radius 3 is 2.21 bits per heavy atom. The van der Waals surface area contributed by atoms with Gasteiger partial charge in [-0.25, -0.2) is 0 Å². The van der Waals surface area contributed by atoms with Crippen LogP contribution in [0.4, 0.5) is 0 Å². The van der Waals surface area contributed by atoms with Crippen LogP contribution in [0.1, 0.15) is 19.4 Å². The van der Waals surface area contributed by atoms with Gasteiger partial charge in [0.1, 0.15) is 0 Å². The molecule has 0 heterocycles. The minimum Gasteiger partial charge on any atom is -0.413 e. The molecule has 1 rings (SSSR count). The quantitative estimate of drug-likeness (QED) is 0.684. The monoisotopic (exact) mass is 208 g/mol. The topological polar surface area (TPSA) is 9.23 Å². The summed E-state index contributed by atoms with van der Waals surface area (Å²) in [6.07, 6.45) is 0. The Hall–Kier alpha value is -0.603. The van der Waals surface area contributed by atoms with Gasteiger partial charge in [0.25, 0.3) is 0 Å². The van der Waals surface area contributed by atoms with E-state index in [4.69, 9.17) is 4.43 Å². The fourth-order valence-electron chi connectivity index (χ4n) is 1.01. The summed E-state index contributed by atoms with van der Waals surface area (Å²) in [6, 6.07) is 10.4. The highest BCUT2D eigenvalue weighted by Crippen LogP contribution is 2.22. The van der Waals surface area contributed by atoms with Gasteiger partial charge in [-0.15, -0.1) is 0 Å². The van der Waals surface area contributed by atoms with Gasteiger partial charge < -0.3 is 4.43 Å². The molecule has 0 atom stereocenters. The first kappa shape index (κ1) is 11.5. The molecule has 0 N–H and O–H groups in total. The Bertz CT molecular complexity index is 267. The molecule has 0 saturated carbocycles. The van der Waals surface area contributed by atoms with E-state index >= 15 is 0 Å². The summed E-state index contributed by atoms with van der Waals surface area (Å²) in [5.41, 5.74) is 1.94. The van der Waals surface area contributed by atoms with Crippen LogP contribution in [0.3, 0.4) is 0 Å². The predicted octanol–water partition coefficient (Wildman–Crippen LogP) is 3.82. The third-order valence-corrected chi connectivity index (χ3v) is 6.51. The number of hydrogen-bond acceptors (Lipinski definition) is 1. The summed E-state index contributed by atoms with van der Waals surface area (Å²) in [5, 5.41) is 0. The standard InChI is InChI=1S/C12H20OSi/c1-11(2)14(3,4)13-10-12-8-6-5-7-9-12/h5-9,11H,10H2,1-4H3. The van der Waals surface area contributed by atoms with Gasteiger partial charge in [-0.3, -0.25) is 0 Å². The summed E-state index contributed by atoms with van der Waals surface area (Å²) in [4.78, 5) is 0. The van der Waals surface area contributed by atoms with Crippen LogP contribution in [0.15, 0.2) is 30.3 Å². The summed E-state index contributed by atoms with van der Waals surface area (Å²) in [7, 11) is -1.46. The van der Waals surface area contributed by atoms with Crippen LogP contribution in [0.2, 0.25) is 18.6 Å². The Balaban J connectivity index is 2.49. The molecule has 78 valence electrons. The van der Waals surface area contributed by atoms with E-state index in [0.717, 1.165) is 6.61 Å². The predicted molar refractivity (Wildman–Crippen MR) is 63.8 cm³/mol. The number of rotatable bonds is 4. The lowest BCUT2D eigenvalue weighted by molar-refractivity contribution is 0.289. The Kier molecular flexibility index (Phi) is 3.90. The smallest absolute Gasteiger partial charge is 0.189 e. The minimum atomic E-state index is -1.46. The van der Waals surface area contributed by atoms with E-state index in [-0.39, 0.29) is 0 Å². The maximum Gasteiger partial charge on any atom is 0.189 e. The van der Waals surface area contributed by atoms with Crippen molar-refractivity contribution in [3.63, 3.8) is 0 Å². The zero-order valence-corrected chi connectivity index (χ0v) is 10.6. The van der Waals surface area contributed by atoms with Crippen LogP contribution in [0.25, 0.3) is 0 Å². The molecule has 1 nitrogen and oxygen atoms in total. The second-order valence-electron chi connectivity index (χ2n) is 4.53. The van der Waals surface area contributed by atoms with Crippen molar-refractivity contribution < 1.29 is 4.43 Å². The lowest BCUT2D eigenvalue weighted by Gasteiger charge is -2.26. The van der Waals surface area contributed by atoms with E-state index < -0.39 is 8.32 Å². The van der Waals surface area contributed by atoms with Crippen LogP contribution in [0.5, 0.6) is 0 Å². The SMILES string of the molecule is CC(C)[Si](C)(C)OCc1ccccc1. The van der Waals surface area contributed by atoms with Crippen molar-refractivity contribution in [2.24, 2.45) is 0 Å². The summed E-state index contributed by atoms with van der Waals surface area (Å²) >= 11 is 0. The number of hydrogen-bond donors (Lipinski definition) is 0. The van der Waals surface area contributed by atoms with Gasteiger partial charge in [-0.05, 0) is 24.2 Å². The summed E-state index contributed by atoms with van der Waals surface area (Å²) < 4.78 is 6.02. The van der Waals surface area contributed by atoms with E-state index in [9.17, 15) is 0 Å². The maximum absolute atomic E-state index is 6.02. The van der Waals surface area contributed by atoms with Crippen molar-refractivity contribution in [1.29, 1.82) is 0 Å². The highest BCUT2D eigenvalue weighted by atomic mass is 28.4. The van der Waals surface area contributed by atoms with E-state index in [1.54, 1.807) is 0 Å². The summed E-state index contributed by atoms with van der Waals surface area (Å²) in [6.45, 7) is 9.81. The minimum absolute atomic E-state index is 0.672. The molecule has 1 aromatic carbocycles. The van der Waals surface area contributed by atoms with Gasteiger partial charge in [0.05, 0.1) is 6.61 Å². The summed E-state index contributed by atoms with van der Waals surface area (Å²) in [5.74, 6) is 0. The zero-order chi connectivity index (χ0) is 10.6. The average molecular weight is 208 g/mol. The van der Waals surface area contributed by atoms with Gasteiger partial charge in [-0.2, -0.15) is 0 Å². The normalized spacial score (nSPS) is 12.1. The van der Waals surface area contributed by atoms with Crippen molar-refractivity contribution >= 4 is 8.32 Å². The molecule has 14 heavy (non-hydrogen) atoms. The van der Waals surface area contributed by atoms with Crippen molar-refractivity contribution in [3.8, 4) is 0 Å². The van der Waals surface area contributed by atoms with E-state index in [1.807, 2.05) is 6.07 Å². The molecule has 0 radical (unpaired) electrons. The molecule has 0 saturated heterocycles. The Morgan fingerprint density at radius 1 is 1.14 bits per heavy atom. The van der Waals surface area contributed by atoms with E-state index in [0.29, 0.717) is 5.54 Å². The molecule has 1 aromatic rings. The van der Waals surface area contributed by atoms with Gasteiger partial charge in [0, 0.05) is 0 Å². The van der Waals surface area contributed by atoms with Gasteiger partial charge in [-0.1, -0.05) is 44.2 Å². The number of benzene rings is 1. The average Bonchev–Trinajstić information content (AvgIpc) is 2.16. The Labute approximate surface area is 88.2 Å². The molecule has 0 unspecified atom stereocenters. The first-order chi connectivity index (χ1) is 6.52. The van der Waals surface area contributed by atoms with Crippen LogP contribution in [0, 0.1) is 0 Å². The van der Waals surface area contributed by atoms with E-state index in [2.05, 4.69) is 51.2 Å². The molecule has 0 spiro atoms. The molecule has 0 fully saturated rings. The van der Waals surface area contributed by atoms with Crippen molar-refractivity contribution in [2.75, 3.05) is 0 Å². The van der Waals surface area contributed by atoms with Gasteiger partial charge >= 0.3 is 0 Å². The fraction of sp³-hybridized carbons (Fsp3) is 0.500. The fourth-order valence-corrected chi connectivity index (χ4v) is 1.88. The highest BCUT2D eigenvalue weighted by molar-refractivity contribution is 6.72. The Morgan fingerprint density at radius 2 is 1.71 bits per heavy atom. The lowest BCUT2D eigenvalue weighted by atomic mass is 10.2. The molecule has 2 heteroatoms. The molecule has 0 amide bonds. The first-order valence-electron chi connectivity index (χ1n) is 5.20. The molecular formula is C12H20OSi. The van der Waals surface area contributed by atoms with Crippen molar-refractivity contribution in [3.05, 3.63) is 35.9 Å². The lowest BCUT2D eigenvalue weighted by Crippen LogP contribution is -2.33. The third-order valence-electron chi connectivity index (χ3n) is 2.84. The second-order valence-corrected chi connectivity index (χ2v) is 9.18. The third kappa shape index (κ3) is 3.27. The molecule has 0 aliphatic rings. The zero-order valence-electron chi connectivity index (χ0n) is 9.58. The second kappa shape index (κ2) is 4.76. The highest BCUT2D eigenvalue weighted by Gasteiger charge is 2.26. The largest absolute Gasteiger partial charge is 0.413 e. The van der Waals surface area contributed by atoms with Gasteiger partial charge in [0.2, 0.25) is 0 Å². The van der Waals surface area contributed by atoms with E-state index in [1.165, 1.54) is 5.56 Å².